The molecule has 2 aromatic rings. The fraction of sp³-hybridized carbons (Fsp3) is 0.400. The van der Waals surface area contributed by atoms with Crippen molar-refractivity contribution in [2.75, 3.05) is 0 Å². The van der Waals surface area contributed by atoms with Crippen molar-refractivity contribution in [2.24, 2.45) is 0 Å². The molecule has 0 aliphatic carbocycles. The Balaban J connectivity index is 2.20. The van der Waals surface area contributed by atoms with Gasteiger partial charge in [-0.2, -0.15) is 0 Å². The predicted octanol–water partition coefficient (Wildman–Crippen LogP) is 2.50. The van der Waals surface area contributed by atoms with E-state index in [2.05, 4.69) is 15.3 Å². The van der Waals surface area contributed by atoms with Crippen molar-refractivity contribution in [3.8, 4) is 0 Å². The first-order chi connectivity index (χ1) is 9.90. The van der Waals surface area contributed by atoms with Crippen molar-refractivity contribution in [3.63, 3.8) is 0 Å². The van der Waals surface area contributed by atoms with Gasteiger partial charge in [0.05, 0.1) is 16.7 Å². The molecule has 0 saturated carbocycles. The molecule has 2 heterocycles. The standard InChI is InChI=1S/C15H19N3O2S/c1-5-12-6-11(7-13(19)18-12)15(20)16-8(2)14-9(3)21-10(4)17-14/h6-8H,5H2,1-4H3,(H,16,20)(H,18,19)/t8-/m0/s1. The van der Waals surface area contributed by atoms with Crippen LogP contribution in [-0.4, -0.2) is 15.9 Å². The Morgan fingerprint density at radius 2 is 2.14 bits per heavy atom. The van der Waals surface area contributed by atoms with E-state index in [1.165, 1.54) is 6.07 Å². The molecule has 5 nitrogen and oxygen atoms in total. The topological polar surface area (TPSA) is 74.8 Å². The highest BCUT2D eigenvalue weighted by atomic mass is 32.1. The van der Waals surface area contributed by atoms with Gasteiger partial charge in [-0.3, -0.25) is 9.59 Å². The highest BCUT2D eigenvalue weighted by Crippen LogP contribution is 2.22. The van der Waals surface area contributed by atoms with Crippen molar-refractivity contribution in [1.29, 1.82) is 0 Å². The lowest BCUT2D eigenvalue weighted by Gasteiger charge is -2.13. The second-order valence-electron chi connectivity index (χ2n) is 4.98. The number of H-pyrrole nitrogens is 1. The number of thiazole rings is 1. The van der Waals surface area contributed by atoms with Crippen molar-refractivity contribution in [1.82, 2.24) is 15.3 Å². The van der Waals surface area contributed by atoms with E-state index in [0.29, 0.717) is 12.0 Å². The summed E-state index contributed by atoms with van der Waals surface area (Å²) < 4.78 is 0. The third-order valence-corrected chi connectivity index (χ3v) is 4.14. The lowest BCUT2D eigenvalue weighted by atomic mass is 10.1. The zero-order valence-electron chi connectivity index (χ0n) is 12.6. The van der Waals surface area contributed by atoms with E-state index in [-0.39, 0.29) is 17.5 Å². The Labute approximate surface area is 127 Å². The highest BCUT2D eigenvalue weighted by Gasteiger charge is 2.17. The summed E-state index contributed by atoms with van der Waals surface area (Å²) in [5.41, 5.74) is 1.76. The van der Waals surface area contributed by atoms with Crippen LogP contribution in [0.5, 0.6) is 0 Å². The minimum atomic E-state index is -0.257. The minimum absolute atomic E-state index is 0.188. The average Bonchev–Trinajstić information content (AvgIpc) is 2.76. The second kappa shape index (κ2) is 6.22. The third kappa shape index (κ3) is 3.58. The Morgan fingerprint density at radius 3 is 2.71 bits per heavy atom. The Bertz CT molecular complexity index is 718. The molecule has 0 saturated heterocycles. The molecule has 6 heteroatoms. The average molecular weight is 305 g/mol. The van der Waals surface area contributed by atoms with Crippen LogP contribution in [0.3, 0.4) is 0 Å². The second-order valence-corrected chi connectivity index (χ2v) is 6.39. The fourth-order valence-corrected chi connectivity index (χ4v) is 3.13. The van der Waals surface area contributed by atoms with E-state index < -0.39 is 0 Å². The number of hydrogen-bond donors (Lipinski definition) is 2. The van der Waals surface area contributed by atoms with Gasteiger partial charge < -0.3 is 10.3 Å². The van der Waals surface area contributed by atoms with Gasteiger partial charge in [0.2, 0.25) is 5.56 Å². The summed E-state index contributed by atoms with van der Waals surface area (Å²) in [7, 11) is 0. The van der Waals surface area contributed by atoms with Crippen LogP contribution in [0.1, 0.15) is 51.5 Å². The largest absolute Gasteiger partial charge is 0.344 e. The summed E-state index contributed by atoms with van der Waals surface area (Å²) in [5, 5.41) is 3.88. The molecule has 0 spiro atoms. The molecule has 2 aromatic heterocycles. The SMILES string of the molecule is CCc1cc(C(=O)N[C@@H](C)c2nc(C)sc2C)cc(=O)[nH]1. The van der Waals surface area contributed by atoms with Gasteiger partial charge in [-0.25, -0.2) is 4.98 Å². The van der Waals surface area contributed by atoms with Gasteiger partial charge in [-0.05, 0) is 33.3 Å². The van der Waals surface area contributed by atoms with Crippen molar-refractivity contribution in [3.05, 3.63) is 49.3 Å². The summed E-state index contributed by atoms with van der Waals surface area (Å²) >= 11 is 1.61. The number of carbonyl (C=O) groups is 1. The van der Waals surface area contributed by atoms with E-state index in [1.807, 2.05) is 27.7 Å². The molecular weight excluding hydrogens is 286 g/mol. The molecule has 0 aromatic carbocycles. The maximum absolute atomic E-state index is 12.3. The van der Waals surface area contributed by atoms with E-state index in [0.717, 1.165) is 21.3 Å². The number of amides is 1. The molecule has 21 heavy (non-hydrogen) atoms. The molecule has 1 atom stereocenters. The van der Waals surface area contributed by atoms with Crippen molar-refractivity contribution >= 4 is 17.2 Å². The van der Waals surface area contributed by atoms with Crippen LogP contribution in [0.4, 0.5) is 0 Å². The highest BCUT2D eigenvalue weighted by molar-refractivity contribution is 7.11. The molecular formula is C15H19N3O2S. The molecule has 0 bridgehead atoms. The Morgan fingerprint density at radius 1 is 1.43 bits per heavy atom. The van der Waals surface area contributed by atoms with Crippen LogP contribution in [0.25, 0.3) is 0 Å². The van der Waals surface area contributed by atoms with Crippen LogP contribution < -0.4 is 10.9 Å². The predicted molar refractivity (Wildman–Crippen MR) is 83.9 cm³/mol. The lowest BCUT2D eigenvalue weighted by Crippen LogP contribution is -2.28. The maximum atomic E-state index is 12.3. The number of hydrogen-bond acceptors (Lipinski definition) is 4. The van der Waals surface area contributed by atoms with Crippen LogP contribution in [-0.2, 0) is 6.42 Å². The molecule has 0 aliphatic rings. The number of nitrogens with zero attached hydrogens (tertiary/aromatic N) is 1. The van der Waals surface area contributed by atoms with E-state index in [9.17, 15) is 9.59 Å². The minimum Gasteiger partial charge on any atom is -0.344 e. The van der Waals surface area contributed by atoms with Crippen LogP contribution >= 0.6 is 11.3 Å². The number of carbonyl (C=O) groups excluding carboxylic acids is 1. The number of nitrogens with one attached hydrogen (secondary N) is 2. The number of aromatic nitrogens is 2. The number of aromatic amines is 1. The number of aryl methyl sites for hydroxylation is 3. The van der Waals surface area contributed by atoms with Gasteiger partial charge in [0.15, 0.2) is 0 Å². The monoisotopic (exact) mass is 305 g/mol. The molecule has 0 radical (unpaired) electrons. The summed E-state index contributed by atoms with van der Waals surface area (Å²) in [5.74, 6) is -0.256. The zero-order chi connectivity index (χ0) is 15.6. The van der Waals surface area contributed by atoms with Gasteiger partial charge in [0, 0.05) is 22.2 Å². The van der Waals surface area contributed by atoms with Crippen LogP contribution in [0.15, 0.2) is 16.9 Å². The summed E-state index contributed by atoms with van der Waals surface area (Å²) in [6.45, 7) is 7.76. The fourth-order valence-electron chi connectivity index (χ4n) is 2.22. The van der Waals surface area contributed by atoms with Gasteiger partial charge in [-0.1, -0.05) is 6.92 Å². The molecule has 112 valence electrons. The van der Waals surface area contributed by atoms with Gasteiger partial charge in [0.1, 0.15) is 0 Å². The van der Waals surface area contributed by atoms with Gasteiger partial charge >= 0.3 is 0 Å². The normalized spacial score (nSPS) is 12.2. The maximum Gasteiger partial charge on any atom is 0.252 e. The van der Waals surface area contributed by atoms with Crippen molar-refractivity contribution < 1.29 is 4.79 Å². The first-order valence-corrected chi connectivity index (χ1v) is 7.70. The quantitative estimate of drug-likeness (QED) is 0.911. The zero-order valence-corrected chi connectivity index (χ0v) is 13.4. The first kappa shape index (κ1) is 15.4. The van der Waals surface area contributed by atoms with E-state index in [4.69, 9.17) is 0 Å². The Hall–Kier alpha value is -1.95. The molecule has 1 amide bonds. The summed E-state index contributed by atoms with van der Waals surface area (Å²) in [6, 6.07) is 2.84. The van der Waals surface area contributed by atoms with E-state index in [1.54, 1.807) is 17.4 Å². The van der Waals surface area contributed by atoms with Crippen molar-refractivity contribution in [2.45, 2.75) is 40.2 Å². The number of pyridine rings is 1. The summed E-state index contributed by atoms with van der Waals surface area (Å²) in [4.78, 5) is 32.1. The summed E-state index contributed by atoms with van der Waals surface area (Å²) in [6.07, 6.45) is 0.677. The van der Waals surface area contributed by atoms with Gasteiger partial charge in [0.25, 0.3) is 5.91 Å². The molecule has 0 fully saturated rings. The number of rotatable bonds is 4. The van der Waals surface area contributed by atoms with Crippen LogP contribution in [0, 0.1) is 13.8 Å². The molecule has 0 unspecified atom stereocenters. The third-order valence-electron chi connectivity index (χ3n) is 3.24. The Kier molecular flexibility index (Phi) is 4.57. The lowest BCUT2D eigenvalue weighted by molar-refractivity contribution is 0.0938. The van der Waals surface area contributed by atoms with E-state index >= 15 is 0 Å². The molecule has 2 N–H and O–H groups in total. The van der Waals surface area contributed by atoms with Gasteiger partial charge in [-0.15, -0.1) is 11.3 Å². The molecule has 2 rings (SSSR count). The first-order valence-electron chi connectivity index (χ1n) is 6.88. The van der Waals surface area contributed by atoms with Crippen LogP contribution in [0.2, 0.25) is 0 Å². The smallest absolute Gasteiger partial charge is 0.252 e. The molecule has 0 aliphatic heterocycles.